The number of ether oxygens (including phenoxy) is 1. The first-order valence-electron chi connectivity index (χ1n) is 7.86. The number of anilines is 2. The van der Waals surface area contributed by atoms with Crippen molar-refractivity contribution in [2.75, 3.05) is 12.4 Å². The quantitative estimate of drug-likeness (QED) is 0.681. The number of nitrogens with zero attached hydrogens (tertiary/aromatic N) is 2. The molecule has 28 heavy (non-hydrogen) atoms. The van der Waals surface area contributed by atoms with Crippen LogP contribution in [0.1, 0.15) is 0 Å². The first-order chi connectivity index (χ1) is 13.2. The lowest BCUT2D eigenvalue weighted by atomic mass is 10.1. The number of sulfone groups is 1. The Kier molecular flexibility index (Phi) is 5.23. The van der Waals surface area contributed by atoms with Gasteiger partial charge in [0, 0.05) is 17.3 Å². The molecule has 0 unspecified atom stereocenters. The summed E-state index contributed by atoms with van der Waals surface area (Å²) in [5, 5.41) is 2.79. The van der Waals surface area contributed by atoms with Gasteiger partial charge < -0.3 is 10.1 Å². The van der Waals surface area contributed by atoms with Gasteiger partial charge in [0.15, 0.2) is 0 Å². The number of halogens is 3. The second kappa shape index (κ2) is 7.47. The maximum atomic E-state index is 12.7. The van der Waals surface area contributed by atoms with Crippen molar-refractivity contribution < 1.29 is 26.3 Å². The number of nitrogens with one attached hydrogen (secondary N) is 1. The summed E-state index contributed by atoms with van der Waals surface area (Å²) in [5.41, 5.74) is -4.02. The zero-order valence-electron chi connectivity index (χ0n) is 14.4. The van der Waals surface area contributed by atoms with Crippen LogP contribution >= 0.6 is 0 Å². The highest BCUT2D eigenvalue weighted by Crippen LogP contribution is 2.32. The molecule has 0 bridgehead atoms. The first-order valence-corrected chi connectivity index (χ1v) is 9.34. The molecule has 0 spiro atoms. The summed E-state index contributed by atoms with van der Waals surface area (Å²) in [6.07, 6.45) is 1.28. The molecule has 0 radical (unpaired) electrons. The molecule has 1 aromatic heterocycles. The van der Waals surface area contributed by atoms with Crippen molar-refractivity contribution in [2.45, 2.75) is 10.4 Å². The molecule has 6 nitrogen and oxygen atoms in total. The lowest BCUT2D eigenvalue weighted by Gasteiger charge is -2.11. The van der Waals surface area contributed by atoms with Crippen molar-refractivity contribution in [3.63, 3.8) is 0 Å². The number of alkyl halides is 3. The van der Waals surface area contributed by atoms with Gasteiger partial charge >= 0.3 is 5.51 Å². The SMILES string of the molecule is COc1ccccc1-c1cc(Nc2cccc(S(=O)(=O)C(F)(F)F)c2)ncn1. The molecular formula is C18H14F3N3O3S. The van der Waals surface area contributed by atoms with Gasteiger partial charge in [0.1, 0.15) is 17.9 Å². The van der Waals surface area contributed by atoms with Gasteiger partial charge in [-0.05, 0) is 30.3 Å². The fraction of sp³-hybridized carbons (Fsp3) is 0.111. The van der Waals surface area contributed by atoms with Gasteiger partial charge in [-0.1, -0.05) is 18.2 Å². The van der Waals surface area contributed by atoms with E-state index in [1.165, 1.54) is 25.6 Å². The fourth-order valence-corrected chi connectivity index (χ4v) is 3.26. The Morgan fingerprint density at radius 3 is 2.46 bits per heavy atom. The van der Waals surface area contributed by atoms with E-state index >= 15 is 0 Å². The topological polar surface area (TPSA) is 81.2 Å². The van der Waals surface area contributed by atoms with E-state index in [0.29, 0.717) is 17.0 Å². The fourth-order valence-electron chi connectivity index (χ4n) is 2.45. The highest BCUT2D eigenvalue weighted by Gasteiger charge is 2.46. The van der Waals surface area contributed by atoms with E-state index < -0.39 is 20.2 Å². The lowest BCUT2D eigenvalue weighted by molar-refractivity contribution is -0.0435. The molecular weight excluding hydrogens is 395 g/mol. The standard InChI is InChI=1S/C18H14F3N3O3S/c1-27-16-8-3-2-7-14(16)15-10-17(23-11-22-15)24-12-5-4-6-13(9-12)28(25,26)18(19,20)21/h2-11H,1H3,(H,22,23,24). The van der Waals surface area contributed by atoms with E-state index in [-0.39, 0.29) is 11.5 Å². The Morgan fingerprint density at radius 1 is 1.00 bits per heavy atom. The lowest BCUT2D eigenvalue weighted by Crippen LogP contribution is -2.23. The van der Waals surface area contributed by atoms with Crippen molar-refractivity contribution in [1.82, 2.24) is 9.97 Å². The second-order valence-electron chi connectivity index (χ2n) is 5.59. The van der Waals surface area contributed by atoms with Crippen LogP contribution < -0.4 is 10.1 Å². The Hall–Kier alpha value is -3.14. The molecule has 2 aromatic carbocycles. The van der Waals surface area contributed by atoms with Crippen LogP contribution in [-0.4, -0.2) is 31.0 Å². The zero-order chi connectivity index (χ0) is 20.4. The molecule has 1 N–H and O–H groups in total. The Labute approximate surface area is 159 Å². The van der Waals surface area contributed by atoms with E-state index in [9.17, 15) is 21.6 Å². The van der Waals surface area contributed by atoms with E-state index in [4.69, 9.17) is 4.74 Å². The average Bonchev–Trinajstić information content (AvgIpc) is 2.67. The van der Waals surface area contributed by atoms with Crippen LogP contribution in [0.3, 0.4) is 0 Å². The zero-order valence-corrected chi connectivity index (χ0v) is 15.3. The summed E-state index contributed by atoms with van der Waals surface area (Å²) in [4.78, 5) is 7.34. The predicted molar refractivity (Wildman–Crippen MR) is 97.0 cm³/mol. The van der Waals surface area contributed by atoms with Gasteiger partial charge in [-0.15, -0.1) is 0 Å². The molecule has 1 heterocycles. The number of para-hydroxylation sites is 1. The van der Waals surface area contributed by atoms with Gasteiger partial charge in [0.2, 0.25) is 0 Å². The molecule has 146 valence electrons. The van der Waals surface area contributed by atoms with Gasteiger partial charge in [-0.3, -0.25) is 0 Å². The summed E-state index contributed by atoms with van der Waals surface area (Å²) in [7, 11) is -3.92. The van der Waals surface area contributed by atoms with Crippen LogP contribution in [0.5, 0.6) is 5.75 Å². The maximum Gasteiger partial charge on any atom is 0.501 e. The number of hydrogen-bond donors (Lipinski definition) is 1. The van der Waals surface area contributed by atoms with Crippen molar-refractivity contribution in [3.05, 3.63) is 60.9 Å². The summed E-state index contributed by atoms with van der Waals surface area (Å²) in [5.74, 6) is 0.864. The second-order valence-corrected chi connectivity index (χ2v) is 7.53. The number of methoxy groups -OCH3 is 1. The van der Waals surface area contributed by atoms with Gasteiger partial charge in [0.25, 0.3) is 9.84 Å². The van der Waals surface area contributed by atoms with E-state index in [1.807, 2.05) is 0 Å². The third kappa shape index (κ3) is 3.91. The molecule has 3 aromatic rings. The Morgan fingerprint density at radius 2 is 1.75 bits per heavy atom. The molecule has 3 rings (SSSR count). The average molecular weight is 409 g/mol. The highest BCUT2D eigenvalue weighted by atomic mass is 32.2. The van der Waals surface area contributed by atoms with E-state index in [1.54, 1.807) is 30.3 Å². The third-order valence-corrected chi connectivity index (χ3v) is 5.26. The van der Waals surface area contributed by atoms with Crippen LogP contribution in [0.2, 0.25) is 0 Å². The van der Waals surface area contributed by atoms with Gasteiger partial charge in [-0.25, -0.2) is 18.4 Å². The van der Waals surface area contributed by atoms with Crippen LogP contribution in [-0.2, 0) is 9.84 Å². The number of benzene rings is 2. The summed E-state index contributed by atoms with van der Waals surface area (Å²) in [6, 6.07) is 13.2. The maximum absolute atomic E-state index is 12.7. The van der Waals surface area contributed by atoms with E-state index in [2.05, 4.69) is 15.3 Å². The largest absolute Gasteiger partial charge is 0.501 e. The monoisotopic (exact) mass is 409 g/mol. The van der Waals surface area contributed by atoms with Crippen molar-refractivity contribution >= 4 is 21.3 Å². The number of hydrogen-bond acceptors (Lipinski definition) is 6. The Bertz CT molecular complexity index is 1100. The molecule has 0 atom stereocenters. The smallest absolute Gasteiger partial charge is 0.496 e. The molecule has 0 amide bonds. The van der Waals surface area contributed by atoms with Crippen molar-refractivity contribution in [1.29, 1.82) is 0 Å². The molecule has 0 aliphatic carbocycles. The van der Waals surface area contributed by atoms with Gasteiger partial charge in [0.05, 0.1) is 17.7 Å². The van der Waals surface area contributed by atoms with Gasteiger partial charge in [-0.2, -0.15) is 13.2 Å². The Balaban J connectivity index is 1.93. The summed E-state index contributed by atoms with van der Waals surface area (Å²) >= 11 is 0. The molecule has 0 fully saturated rings. The van der Waals surface area contributed by atoms with E-state index in [0.717, 1.165) is 12.1 Å². The summed E-state index contributed by atoms with van der Waals surface area (Å²) in [6.45, 7) is 0. The van der Waals surface area contributed by atoms with Crippen LogP contribution in [0.25, 0.3) is 11.3 Å². The summed E-state index contributed by atoms with van der Waals surface area (Å²) < 4.78 is 66.7. The molecule has 0 aliphatic heterocycles. The number of rotatable bonds is 5. The predicted octanol–water partition coefficient (Wildman–Crippen LogP) is 4.19. The molecule has 0 saturated heterocycles. The minimum atomic E-state index is -5.44. The van der Waals surface area contributed by atoms with Crippen LogP contribution in [0, 0.1) is 0 Å². The van der Waals surface area contributed by atoms with Crippen molar-refractivity contribution in [3.8, 4) is 17.0 Å². The molecule has 0 aliphatic rings. The first kappa shape index (κ1) is 19.6. The minimum absolute atomic E-state index is 0.134. The molecule has 10 heteroatoms. The van der Waals surface area contributed by atoms with Crippen LogP contribution in [0.4, 0.5) is 24.7 Å². The van der Waals surface area contributed by atoms with Crippen molar-refractivity contribution in [2.24, 2.45) is 0 Å². The minimum Gasteiger partial charge on any atom is -0.496 e. The molecule has 0 saturated carbocycles. The van der Waals surface area contributed by atoms with Crippen LogP contribution in [0.15, 0.2) is 65.8 Å². The third-order valence-electron chi connectivity index (χ3n) is 3.77. The highest BCUT2D eigenvalue weighted by molar-refractivity contribution is 7.92. The normalized spacial score (nSPS) is 11.9. The number of aromatic nitrogens is 2.